The molecule has 4 aliphatic rings. The molecule has 117 heavy (non-hydrogen) atoms. The first-order valence-corrected chi connectivity index (χ1v) is 42.1. The fraction of sp³-hybridized carbons (Fsp3) is 0.441. The number of carbonyl (C=O) groups is 4. The van der Waals surface area contributed by atoms with E-state index in [2.05, 4.69) is 92.7 Å². The Hall–Kier alpha value is -11.3. The highest BCUT2D eigenvalue weighted by atomic mass is 19.1. The molecule has 3 fully saturated rings. The van der Waals surface area contributed by atoms with Crippen molar-refractivity contribution in [2.24, 2.45) is 17.8 Å². The van der Waals surface area contributed by atoms with Crippen LogP contribution in [-0.2, 0) is 39.3 Å². The zero-order valence-corrected chi connectivity index (χ0v) is 69.6. The molecule has 4 aromatic carbocycles. The fourth-order valence-corrected chi connectivity index (χ4v) is 16.0. The zero-order chi connectivity index (χ0) is 82.2. The lowest BCUT2D eigenvalue weighted by molar-refractivity contribution is 0.0711. The number of pyridine rings is 4. The van der Waals surface area contributed by atoms with Crippen molar-refractivity contribution < 1.29 is 37.4 Å². The number of benzene rings is 4. The lowest BCUT2D eigenvalue weighted by atomic mass is 10.0. The number of fused-ring (bicyclic) bond motifs is 5. The van der Waals surface area contributed by atoms with Gasteiger partial charge in [0, 0.05) is 98.4 Å². The number of imidazole rings is 4. The van der Waals surface area contributed by atoms with Crippen molar-refractivity contribution in [3.8, 4) is 11.5 Å². The van der Waals surface area contributed by atoms with Gasteiger partial charge in [-0.15, -0.1) is 0 Å². The molecular weight excluding hydrogens is 1480 g/mol. The third kappa shape index (κ3) is 20.4. The minimum Gasteiger partial charge on any atom is -0.454 e. The first kappa shape index (κ1) is 83.6. The van der Waals surface area contributed by atoms with Crippen LogP contribution >= 0.6 is 0 Å². The van der Waals surface area contributed by atoms with E-state index in [0.29, 0.717) is 103 Å². The Kier molecular flexibility index (Phi) is 27.9. The number of aryl methyl sites for hydroxylation is 3. The van der Waals surface area contributed by atoms with E-state index in [1.54, 1.807) is 72.9 Å². The molecule has 0 spiro atoms. The van der Waals surface area contributed by atoms with Crippen LogP contribution in [0.3, 0.4) is 0 Å². The van der Waals surface area contributed by atoms with E-state index in [1.165, 1.54) is 56.7 Å². The normalized spacial score (nSPS) is 13.9. The second kappa shape index (κ2) is 39.1. The monoisotopic (exact) mass is 1590 g/mol. The van der Waals surface area contributed by atoms with Crippen molar-refractivity contribution in [3.63, 3.8) is 0 Å². The summed E-state index contributed by atoms with van der Waals surface area (Å²) in [7, 11) is 0. The highest BCUT2D eigenvalue weighted by molar-refractivity contribution is 5.97. The summed E-state index contributed by atoms with van der Waals surface area (Å²) in [5.41, 5.74) is 11.8. The minimum absolute atomic E-state index is 0.0249. The van der Waals surface area contributed by atoms with Gasteiger partial charge < -0.3 is 47.3 Å². The van der Waals surface area contributed by atoms with Gasteiger partial charge in [0.25, 0.3) is 23.6 Å². The summed E-state index contributed by atoms with van der Waals surface area (Å²) in [6, 6.07) is 38.4. The Balaban J connectivity index is 0.000000136. The average Bonchev–Trinajstić information content (AvgIpc) is 1.62. The van der Waals surface area contributed by atoms with Gasteiger partial charge >= 0.3 is 0 Å². The highest BCUT2D eigenvalue weighted by Gasteiger charge is 2.32. The molecule has 9 heterocycles. The van der Waals surface area contributed by atoms with Crippen LogP contribution in [-0.4, -0.2) is 134 Å². The van der Waals surface area contributed by atoms with Crippen molar-refractivity contribution in [2.75, 3.05) is 33.0 Å². The van der Waals surface area contributed by atoms with Crippen LogP contribution in [0, 0.1) is 50.2 Å². The number of unbranched alkanes of at least 4 members (excludes halogenated alkanes) is 1. The largest absolute Gasteiger partial charge is 0.454 e. The summed E-state index contributed by atoms with van der Waals surface area (Å²) in [6.45, 7) is 26.8. The summed E-state index contributed by atoms with van der Waals surface area (Å²) in [6.07, 6.45) is 23.8. The number of carbonyl (C=O) groups excluding carboxylic acids is 4. The highest BCUT2D eigenvalue weighted by Crippen LogP contribution is 2.38. The predicted molar refractivity (Wildman–Crippen MR) is 453 cm³/mol. The zero-order valence-electron chi connectivity index (χ0n) is 69.6. The molecule has 0 radical (unpaired) electrons. The van der Waals surface area contributed by atoms with Crippen LogP contribution in [0.5, 0.6) is 11.5 Å². The summed E-state index contributed by atoms with van der Waals surface area (Å²) < 4.78 is 47.3. The Morgan fingerprint density at radius 1 is 0.470 bits per heavy atom. The van der Waals surface area contributed by atoms with E-state index in [4.69, 9.17) is 29.4 Å². The van der Waals surface area contributed by atoms with Crippen molar-refractivity contribution in [1.82, 2.24) is 77.7 Å². The fourth-order valence-electron chi connectivity index (χ4n) is 16.0. The van der Waals surface area contributed by atoms with Gasteiger partial charge in [0.1, 0.15) is 57.0 Å². The van der Waals surface area contributed by atoms with Gasteiger partial charge in [0.2, 0.25) is 6.79 Å². The number of hydrogen-bond donors (Lipinski definition) is 0. The molecule has 0 atom stereocenters. The molecular formula is C93H112F2N16O6. The van der Waals surface area contributed by atoms with E-state index >= 15 is 0 Å². The van der Waals surface area contributed by atoms with Gasteiger partial charge in [-0.25, -0.2) is 48.7 Å². The van der Waals surface area contributed by atoms with Crippen LogP contribution in [0.4, 0.5) is 8.78 Å². The molecule has 24 heteroatoms. The van der Waals surface area contributed by atoms with Gasteiger partial charge in [-0.2, -0.15) is 0 Å². The summed E-state index contributed by atoms with van der Waals surface area (Å²) in [5, 5.41) is 0. The average molecular weight is 1590 g/mol. The van der Waals surface area contributed by atoms with Crippen LogP contribution in [0.25, 0.3) is 44.7 Å². The summed E-state index contributed by atoms with van der Waals surface area (Å²) in [5.74, 6) is 5.32. The molecule has 12 aromatic rings. The van der Waals surface area contributed by atoms with E-state index < -0.39 is 5.82 Å². The third-order valence-corrected chi connectivity index (χ3v) is 22.3. The van der Waals surface area contributed by atoms with E-state index in [0.717, 1.165) is 162 Å². The van der Waals surface area contributed by atoms with E-state index in [9.17, 15) is 28.0 Å². The molecule has 1 aliphatic heterocycles. The number of amides is 4. The Labute approximate surface area is 685 Å². The smallest absolute Gasteiger partial charge is 0.254 e. The maximum absolute atomic E-state index is 14.1. The molecule has 0 saturated heterocycles. The maximum Gasteiger partial charge on any atom is 0.254 e. The van der Waals surface area contributed by atoms with Crippen molar-refractivity contribution in [2.45, 2.75) is 217 Å². The lowest BCUT2D eigenvalue weighted by Gasteiger charge is -2.26. The van der Waals surface area contributed by atoms with Gasteiger partial charge in [-0.3, -0.25) is 19.2 Å². The van der Waals surface area contributed by atoms with Crippen molar-refractivity contribution in [3.05, 3.63) is 226 Å². The Morgan fingerprint density at radius 2 is 0.983 bits per heavy atom. The van der Waals surface area contributed by atoms with Gasteiger partial charge in [-0.1, -0.05) is 110 Å². The molecule has 16 rings (SSSR count). The summed E-state index contributed by atoms with van der Waals surface area (Å²) in [4.78, 5) is 98.3. The molecule has 3 aliphatic carbocycles. The van der Waals surface area contributed by atoms with E-state index in [1.807, 2.05) is 95.4 Å². The number of halogens is 2. The summed E-state index contributed by atoms with van der Waals surface area (Å²) >= 11 is 0. The number of hydrogen-bond acceptors (Lipinski definition) is 14. The van der Waals surface area contributed by atoms with Crippen molar-refractivity contribution >= 4 is 68.3 Å². The Morgan fingerprint density at radius 3 is 1.56 bits per heavy atom. The maximum atomic E-state index is 14.1. The first-order valence-electron chi connectivity index (χ1n) is 42.1. The van der Waals surface area contributed by atoms with Gasteiger partial charge in [0.15, 0.2) is 34.1 Å². The molecule has 0 unspecified atom stereocenters. The number of nitrogens with zero attached hydrogens (tertiary/aromatic N) is 16. The minimum atomic E-state index is -0.409. The first-order chi connectivity index (χ1) is 56.7. The molecule has 614 valence electrons. The standard InChI is InChI=1S/C26H34N4O.C24H29FN4O.C22H24N4O3.C21H25FN4O/c1-18(2)13-15-29(26(31)22-16-19(3)11-12-20(22)4)17-24-28-23-10-7-14-27-25(23)30(24)21-8-5-6-9-21;1-3-4-15-28(24(30)19-11-7-12-20(25)17(19)2)16-22-27-21-13-8-14-26-23(21)29(22)18-9-5-6-10-18;1-2-10-25(22(27)16-7-8-18-19(11-16)29-14-28-18)13-20-24-17-4-3-9-23-21(17)26(20)12-15-5-6-15;1-4-11-26-19(24-18-9-6-10-23-20(18)26)14-25(13-15(2)3)21(27)16-7-5-8-17(22)12-16/h7,10-12,14,16,18,21H,5-6,8-9,13,15,17H2,1-4H3;7-8,11-14,18H,3-6,9-10,15-16H2,1-2H3;3-4,7-9,11,15H,2,5-6,10,12-14H2,1H3;5-10,12,15H,4,11,13-14H2,1-3H3. The van der Waals surface area contributed by atoms with Crippen LogP contribution in [0.15, 0.2) is 152 Å². The molecule has 0 N–H and O–H groups in total. The lowest BCUT2D eigenvalue weighted by Crippen LogP contribution is -2.34. The molecule has 4 amide bonds. The molecule has 22 nitrogen and oxygen atoms in total. The van der Waals surface area contributed by atoms with Gasteiger partial charge in [-0.05, 0) is 217 Å². The van der Waals surface area contributed by atoms with Gasteiger partial charge in [0.05, 0.1) is 26.2 Å². The predicted octanol–water partition coefficient (Wildman–Crippen LogP) is 19.2. The SMILES string of the molecule is CCCCN(Cc1nc2cccnc2n1C1CCCC1)C(=O)c1cccc(F)c1C.CCCN(Cc1nc2cccnc2n1CC1CC1)C(=O)c1ccc2c(c1)OCO2.CCCn1c(CN(CC(C)C)C(=O)c2cccc(F)c2)nc2cccnc21.Cc1ccc(C)c(C(=O)N(CCC(C)C)Cc2nc3cccnc3n2C2CCCC2)c1. The second-order valence-electron chi connectivity index (χ2n) is 32.4. The van der Waals surface area contributed by atoms with Crippen molar-refractivity contribution in [1.29, 1.82) is 0 Å². The molecule has 3 saturated carbocycles. The van der Waals surface area contributed by atoms with Crippen LogP contribution < -0.4 is 9.47 Å². The topological polar surface area (TPSA) is 223 Å². The van der Waals surface area contributed by atoms with Crippen LogP contribution in [0.2, 0.25) is 0 Å². The number of rotatable bonds is 28. The quantitative estimate of drug-likeness (QED) is 0.0445. The van der Waals surface area contributed by atoms with E-state index in [-0.39, 0.29) is 42.2 Å². The Bertz CT molecular complexity index is 5420. The number of ether oxygens (including phenoxy) is 2. The number of aromatic nitrogens is 12. The second-order valence-corrected chi connectivity index (χ2v) is 32.4. The third-order valence-electron chi connectivity index (χ3n) is 22.3. The molecule has 0 bridgehead atoms. The van der Waals surface area contributed by atoms with Crippen LogP contribution in [0.1, 0.15) is 238 Å². The molecule has 8 aromatic heterocycles.